The molecule has 1 amide bonds. The van der Waals surface area contributed by atoms with Gasteiger partial charge in [-0.3, -0.25) is 4.79 Å². The monoisotopic (exact) mass is 434 g/mol. The fourth-order valence-corrected chi connectivity index (χ4v) is 5.55. The molecule has 1 N–H and O–H groups in total. The van der Waals surface area contributed by atoms with Crippen LogP contribution in [0.3, 0.4) is 0 Å². The number of sulfonamides is 1. The molecule has 1 aliphatic heterocycles. The van der Waals surface area contributed by atoms with Crippen LogP contribution in [0, 0.1) is 19.8 Å². The van der Waals surface area contributed by atoms with Gasteiger partial charge in [0.2, 0.25) is 15.9 Å². The van der Waals surface area contributed by atoms with E-state index in [0.29, 0.717) is 35.8 Å². The number of carbonyl (C=O) groups is 1. The summed E-state index contributed by atoms with van der Waals surface area (Å²) in [7, 11) is -3.54. The number of rotatable bonds is 5. The molecule has 0 aromatic heterocycles. The molecule has 1 fully saturated rings. The van der Waals surface area contributed by atoms with E-state index in [1.807, 2.05) is 45.0 Å². The molecule has 1 aliphatic rings. The van der Waals surface area contributed by atoms with Gasteiger partial charge in [-0.1, -0.05) is 41.4 Å². The first-order valence-electron chi connectivity index (χ1n) is 9.81. The molecule has 2 aromatic carbocycles. The van der Waals surface area contributed by atoms with Crippen LogP contribution in [0.5, 0.6) is 0 Å². The molecule has 2 aromatic rings. The third-order valence-electron chi connectivity index (χ3n) is 5.50. The molecule has 0 bridgehead atoms. The number of nitrogens with one attached hydrogen (secondary N) is 1. The Morgan fingerprint density at radius 3 is 2.31 bits per heavy atom. The van der Waals surface area contributed by atoms with Crippen LogP contribution in [-0.2, 0) is 14.8 Å². The highest BCUT2D eigenvalue weighted by atomic mass is 35.5. The van der Waals surface area contributed by atoms with Gasteiger partial charge >= 0.3 is 0 Å². The molecular weight excluding hydrogens is 408 g/mol. The Morgan fingerprint density at radius 1 is 1.10 bits per heavy atom. The first kappa shape index (κ1) is 21.8. The van der Waals surface area contributed by atoms with Gasteiger partial charge < -0.3 is 5.32 Å². The number of nitrogens with zero attached hydrogens (tertiary/aromatic N) is 1. The van der Waals surface area contributed by atoms with Crippen molar-refractivity contribution in [2.75, 3.05) is 13.1 Å². The minimum atomic E-state index is -3.54. The molecule has 0 radical (unpaired) electrons. The third kappa shape index (κ3) is 5.00. The topological polar surface area (TPSA) is 66.5 Å². The zero-order valence-corrected chi connectivity index (χ0v) is 18.6. The average Bonchev–Trinajstić information content (AvgIpc) is 2.68. The maximum Gasteiger partial charge on any atom is 0.243 e. The number of carbonyl (C=O) groups excluding carboxylic acids is 1. The van der Waals surface area contributed by atoms with Crippen LogP contribution in [-0.4, -0.2) is 31.7 Å². The lowest BCUT2D eigenvalue weighted by atomic mass is 9.96. The van der Waals surface area contributed by atoms with Crippen molar-refractivity contribution in [1.82, 2.24) is 9.62 Å². The highest BCUT2D eigenvalue weighted by Crippen LogP contribution is 2.27. The highest BCUT2D eigenvalue weighted by molar-refractivity contribution is 7.89. The molecule has 1 heterocycles. The van der Waals surface area contributed by atoms with E-state index < -0.39 is 10.0 Å². The van der Waals surface area contributed by atoms with E-state index in [9.17, 15) is 13.2 Å². The average molecular weight is 435 g/mol. The normalized spacial score (nSPS) is 17.1. The maximum atomic E-state index is 13.0. The molecule has 1 unspecified atom stereocenters. The summed E-state index contributed by atoms with van der Waals surface area (Å²) < 4.78 is 27.5. The van der Waals surface area contributed by atoms with Crippen LogP contribution in [0.1, 0.15) is 42.5 Å². The van der Waals surface area contributed by atoms with Crippen LogP contribution in [0.2, 0.25) is 5.02 Å². The Kier molecular flexibility index (Phi) is 6.66. The molecule has 5 nitrogen and oxygen atoms in total. The van der Waals surface area contributed by atoms with Gasteiger partial charge in [-0.25, -0.2) is 8.42 Å². The van der Waals surface area contributed by atoms with Crippen molar-refractivity contribution in [2.45, 2.75) is 44.6 Å². The van der Waals surface area contributed by atoms with Gasteiger partial charge in [-0.15, -0.1) is 0 Å². The fourth-order valence-electron chi connectivity index (χ4n) is 3.75. The van der Waals surface area contributed by atoms with Crippen LogP contribution < -0.4 is 5.32 Å². The SMILES string of the molecule is Cc1ccc(S(=O)(=O)N2CCC(C(=O)NC(C)c3ccc(Cl)cc3)CC2)c(C)c1. The van der Waals surface area contributed by atoms with Gasteiger partial charge in [0.25, 0.3) is 0 Å². The second kappa shape index (κ2) is 8.86. The second-order valence-electron chi connectivity index (χ2n) is 7.73. The largest absolute Gasteiger partial charge is 0.349 e. The smallest absolute Gasteiger partial charge is 0.243 e. The van der Waals surface area contributed by atoms with Gasteiger partial charge in [0.05, 0.1) is 10.9 Å². The van der Waals surface area contributed by atoms with Gasteiger partial charge in [0.15, 0.2) is 0 Å². The minimum absolute atomic E-state index is 0.0315. The summed E-state index contributed by atoms with van der Waals surface area (Å²) in [6.45, 7) is 6.39. The van der Waals surface area contributed by atoms with E-state index in [4.69, 9.17) is 11.6 Å². The Bertz CT molecular complexity index is 982. The van der Waals surface area contributed by atoms with Gasteiger partial charge in [-0.2, -0.15) is 4.31 Å². The Balaban J connectivity index is 1.60. The van der Waals surface area contributed by atoms with Crippen molar-refractivity contribution in [2.24, 2.45) is 5.92 Å². The van der Waals surface area contributed by atoms with Crippen molar-refractivity contribution in [3.05, 3.63) is 64.2 Å². The fraction of sp³-hybridized carbons (Fsp3) is 0.409. The van der Waals surface area contributed by atoms with Crippen molar-refractivity contribution in [1.29, 1.82) is 0 Å². The molecule has 29 heavy (non-hydrogen) atoms. The standard InChI is InChI=1S/C22H27ClN2O3S/c1-15-4-9-21(16(2)14-15)29(27,28)25-12-10-19(11-13-25)22(26)24-17(3)18-5-7-20(23)8-6-18/h4-9,14,17,19H,10-13H2,1-3H3,(H,24,26). The number of hydrogen-bond acceptors (Lipinski definition) is 3. The first-order chi connectivity index (χ1) is 13.7. The maximum absolute atomic E-state index is 13.0. The Morgan fingerprint density at radius 2 is 1.72 bits per heavy atom. The predicted octanol–water partition coefficient (Wildman–Crippen LogP) is 4.23. The second-order valence-corrected chi connectivity index (χ2v) is 10.1. The van der Waals surface area contributed by atoms with E-state index in [0.717, 1.165) is 16.7 Å². The van der Waals surface area contributed by atoms with E-state index in [2.05, 4.69) is 5.32 Å². The number of aryl methyl sites for hydroxylation is 2. The van der Waals surface area contributed by atoms with Gasteiger partial charge in [0, 0.05) is 24.0 Å². The lowest BCUT2D eigenvalue weighted by Gasteiger charge is -2.31. The Hall–Kier alpha value is -1.89. The molecule has 156 valence electrons. The van der Waals surface area contributed by atoms with E-state index >= 15 is 0 Å². The van der Waals surface area contributed by atoms with E-state index in [1.165, 1.54) is 4.31 Å². The molecular formula is C22H27ClN2O3S. The number of hydrogen-bond donors (Lipinski definition) is 1. The number of halogens is 1. The molecule has 1 atom stereocenters. The van der Waals surface area contributed by atoms with Crippen molar-refractivity contribution in [3.8, 4) is 0 Å². The van der Waals surface area contributed by atoms with E-state index in [1.54, 1.807) is 18.2 Å². The van der Waals surface area contributed by atoms with Crippen molar-refractivity contribution in [3.63, 3.8) is 0 Å². The minimum Gasteiger partial charge on any atom is -0.349 e. The van der Waals surface area contributed by atoms with Gasteiger partial charge in [0.1, 0.15) is 0 Å². The van der Waals surface area contributed by atoms with Gasteiger partial charge in [-0.05, 0) is 62.9 Å². The molecule has 0 saturated carbocycles. The number of piperidine rings is 1. The summed E-state index contributed by atoms with van der Waals surface area (Å²) in [5, 5.41) is 3.69. The van der Waals surface area contributed by atoms with Crippen LogP contribution >= 0.6 is 11.6 Å². The number of amides is 1. The molecule has 1 saturated heterocycles. The van der Waals surface area contributed by atoms with Crippen molar-refractivity contribution < 1.29 is 13.2 Å². The summed E-state index contributed by atoms with van der Waals surface area (Å²) in [4.78, 5) is 13.0. The molecule has 0 spiro atoms. The zero-order chi connectivity index (χ0) is 21.2. The Labute approximate surface area is 178 Å². The summed E-state index contributed by atoms with van der Waals surface area (Å²) in [5.41, 5.74) is 2.77. The predicted molar refractivity (Wildman–Crippen MR) is 115 cm³/mol. The van der Waals surface area contributed by atoms with E-state index in [-0.39, 0.29) is 17.9 Å². The summed E-state index contributed by atoms with van der Waals surface area (Å²) in [5.74, 6) is -0.216. The molecule has 0 aliphatic carbocycles. The zero-order valence-electron chi connectivity index (χ0n) is 17.0. The molecule has 7 heteroatoms. The summed E-state index contributed by atoms with van der Waals surface area (Å²) in [6, 6.07) is 12.6. The van der Waals surface area contributed by atoms with Crippen LogP contribution in [0.25, 0.3) is 0 Å². The third-order valence-corrected chi connectivity index (χ3v) is 7.81. The number of benzene rings is 2. The van der Waals surface area contributed by atoms with Crippen LogP contribution in [0.15, 0.2) is 47.4 Å². The summed E-state index contributed by atoms with van der Waals surface area (Å²) >= 11 is 5.91. The lowest BCUT2D eigenvalue weighted by Crippen LogP contribution is -2.43. The van der Waals surface area contributed by atoms with Crippen LogP contribution in [0.4, 0.5) is 0 Å². The first-order valence-corrected chi connectivity index (χ1v) is 11.6. The highest BCUT2D eigenvalue weighted by Gasteiger charge is 2.33. The molecule has 3 rings (SSSR count). The lowest BCUT2D eigenvalue weighted by molar-refractivity contribution is -0.126. The quantitative estimate of drug-likeness (QED) is 0.765. The van der Waals surface area contributed by atoms with Crippen molar-refractivity contribution >= 4 is 27.5 Å². The summed E-state index contributed by atoms with van der Waals surface area (Å²) in [6.07, 6.45) is 1.03.